The number of nitrogens with two attached hydrogens (primary N) is 1. The minimum absolute atomic E-state index is 0.170. The summed E-state index contributed by atoms with van der Waals surface area (Å²) in [4.78, 5) is 0. The van der Waals surface area contributed by atoms with Crippen LogP contribution in [-0.2, 0) is 14.2 Å². The highest BCUT2D eigenvalue weighted by Gasteiger charge is 2.26. The highest BCUT2D eigenvalue weighted by Crippen LogP contribution is 2.07. The van der Waals surface area contributed by atoms with E-state index >= 15 is 0 Å². The van der Waals surface area contributed by atoms with E-state index in [-0.39, 0.29) is 12.2 Å². The second kappa shape index (κ2) is 7.17. The van der Waals surface area contributed by atoms with Crippen LogP contribution < -0.4 is 5.73 Å². The Bertz CT molecular complexity index is 148. The van der Waals surface area contributed by atoms with Crippen LogP contribution in [-0.4, -0.2) is 44.7 Å². The molecule has 0 fully saturated rings. The van der Waals surface area contributed by atoms with Crippen LogP contribution in [0.3, 0.4) is 0 Å². The fourth-order valence-electron chi connectivity index (χ4n) is 1.08. The maximum atomic E-state index is 6.13. The van der Waals surface area contributed by atoms with E-state index in [1.165, 1.54) is 0 Å². The van der Waals surface area contributed by atoms with Crippen LogP contribution in [0.15, 0.2) is 0 Å². The summed E-state index contributed by atoms with van der Waals surface area (Å²) >= 11 is 0. The second-order valence-corrected chi connectivity index (χ2v) is 4.51. The molecule has 0 atom stereocenters. The minimum Gasteiger partial charge on any atom is -0.383 e. The normalized spacial score (nSPS) is 12.8. The molecular weight excluding hydrogens is 194 g/mol. The standard InChI is InChI=1S/C11H25NO3/c1-9(2)14-7-11(12,6-13-5)8-15-10(3)4/h9-10H,6-8,12H2,1-5H3. The molecule has 0 spiro atoms. The first-order valence-corrected chi connectivity index (χ1v) is 5.40. The molecule has 4 nitrogen and oxygen atoms in total. The topological polar surface area (TPSA) is 53.7 Å². The van der Waals surface area contributed by atoms with Gasteiger partial charge in [-0.1, -0.05) is 0 Å². The summed E-state index contributed by atoms with van der Waals surface area (Å²) in [7, 11) is 1.63. The van der Waals surface area contributed by atoms with Crippen molar-refractivity contribution >= 4 is 0 Å². The Balaban J connectivity index is 4.05. The first-order chi connectivity index (χ1) is 6.89. The Labute approximate surface area is 93.1 Å². The van der Waals surface area contributed by atoms with Crippen LogP contribution in [0.4, 0.5) is 0 Å². The molecule has 0 unspecified atom stereocenters. The van der Waals surface area contributed by atoms with Crippen molar-refractivity contribution in [1.82, 2.24) is 0 Å². The fourth-order valence-corrected chi connectivity index (χ4v) is 1.08. The van der Waals surface area contributed by atoms with Crippen molar-refractivity contribution in [2.24, 2.45) is 5.73 Å². The van der Waals surface area contributed by atoms with Gasteiger partial charge in [0, 0.05) is 7.11 Å². The maximum absolute atomic E-state index is 6.13. The molecule has 0 aliphatic carbocycles. The molecule has 0 radical (unpaired) electrons. The summed E-state index contributed by atoms with van der Waals surface area (Å²) in [6, 6.07) is 0. The molecule has 2 N–H and O–H groups in total. The van der Waals surface area contributed by atoms with E-state index in [1.54, 1.807) is 7.11 Å². The number of rotatable bonds is 8. The third-order valence-electron chi connectivity index (χ3n) is 1.84. The Morgan fingerprint density at radius 3 is 1.60 bits per heavy atom. The highest BCUT2D eigenvalue weighted by atomic mass is 16.5. The number of hydrogen-bond donors (Lipinski definition) is 1. The average Bonchev–Trinajstić information content (AvgIpc) is 2.13. The molecular formula is C11H25NO3. The lowest BCUT2D eigenvalue weighted by molar-refractivity contribution is -0.0418. The number of methoxy groups -OCH3 is 1. The molecule has 0 aromatic rings. The lowest BCUT2D eigenvalue weighted by Crippen LogP contribution is -2.53. The zero-order valence-electron chi connectivity index (χ0n) is 10.6. The Morgan fingerprint density at radius 1 is 0.933 bits per heavy atom. The third kappa shape index (κ3) is 7.73. The molecule has 0 aromatic carbocycles. The second-order valence-electron chi connectivity index (χ2n) is 4.51. The quantitative estimate of drug-likeness (QED) is 0.666. The molecule has 0 aliphatic rings. The van der Waals surface area contributed by atoms with Crippen molar-refractivity contribution in [2.45, 2.75) is 45.4 Å². The van der Waals surface area contributed by atoms with Gasteiger partial charge in [0.1, 0.15) is 0 Å². The zero-order chi connectivity index (χ0) is 11.9. The Morgan fingerprint density at radius 2 is 1.33 bits per heavy atom. The van der Waals surface area contributed by atoms with Gasteiger partial charge in [-0.25, -0.2) is 0 Å². The molecule has 15 heavy (non-hydrogen) atoms. The van der Waals surface area contributed by atoms with E-state index < -0.39 is 5.54 Å². The van der Waals surface area contributed by atoms with Crippen molar-refractivity contribution in [1.29, 1.82) is 0 Å². The molecule has 0 aliphatic heterocycles. The Hall–Kier alpha value is -0.160. The largest absolute Gasteiger partial charge is 0.383 e. The van der Waals surface area contributed by atoms with Gasteiger partial charge in [-0.3, -0.25) is 0 Å². The van der Waals surface area contributed by atoms with Gasteiger partial charge in [-0.15, -0.1) is 0 Å². The summed E-state index contributed by atoms with van der Waals surface area (Å²) in [5.41, 5.74) is 5.58. The zero-order valence-corrected chi connectivity index (χ0v) is 10.6. The summed E-state index contributed by atoms with van der Waals surface area (Å²) in [6.45, 7) is 9.27. The molecule has 0 saturated heterocycles. The maximum Gasteiger partial charge on any atom is 0.0865 e. The van der Waals surface area contributed by atoms with E-state index in [4.69, 9.17) is 19.9 Å². The van der Waals surface area contributed by atoms with E-state index in [2.05, 4.69) is 0 Å². The van der Waals surface area contributed by atoms with Gasteiger partial charge in [0.2, 0.25) is 0 Å². The van der Waals surface area contributed by atoms with Crippen molar-refractivity contribution < 1.29 is 14.2 Å². The van der Waals surface area contributed by atoms with Gasteiger partial charge < -0.3 is 19.9 Å². The van der Waals surface area contributed by atoms with Crippen LogP contribution in [0.2, 0.25) is 0 Å². The summed E-state index contributed by atoms with van der Waals surface area (Å²) in [5, 5.41) is 0. The van der Waals surface area contributed by atoms with Crippen molar-refractivity contribution in [3.05, 3.63) is 0 Å². The van der Waals surface area contributed by atoms with Gasteiger partial charge in [-0.2, -0.15) is 0 Å². The van der Waals surface area contributed by atoms with Crippen molar-refractivity contribution in [2.75, 3.05) is 26.9 Å². The van der Waals surface area contributed by atoms with Crippen LogP contribution in [0.1, 0.15) is 27.7 Å². The average molecular weight is 219 g/mol. The van der Waals surface area contributed by atoms with Gasteiger partial charge in [0.15, 0.2) is 0 Å². The van der Waals surface area contributed by atoms with Gasteiger partial charge in [-0.05, 0) is 27.7 Å². The SMILES string of the molecule is COCC(N)(COC(C)C)COC(C)C. The molecule has 0 heterocycles. The molecule has 0 bridgehead atoms. The number of ether oxygens (including phenoxy) is 3. The van der Waals surface area contributed by atoms with Gasteiger partial charge in [0.05, 0.1) is 37.6 Å². The molecule has 92 valence electrons. The van der Waals surface area contributed by atoms with Crippen LogP contribution >= 0.6 is 0 Å². The van der Waals surface area contributed by atoms with Crippen molar-refractivity contribution in [3.63, 3.8) is 0 Å². The minimum atomic E-state index is -0.552. The highest BCUT2D eigenvalue weighted by molar-refractivity contribution is 4.84. The third-order valence-corrected chi connectivity index (χ3v) is 1.84. The van der Waals surface area contributed by atoms with E-state index in [1.807, 2.05) is 27.7 Å². The van der Waals surface area contributed by atoms with Crippen LogP contribution in [0, 0.1) is 0 Å². The van der Waals surface area contributed by atoms with Gasteiger partial charge in [0.25, 0.3) is 0 Å². The van der Waals surface area contributed by atoms with Crippen LogP contribution in [0.25, 0.3) is 0 Å². The Kier molecular flexibility index (Phi) is 7.09. The predicted octanol–water partition coefficient (Wildman–Crippen LogP) is 1.18. The molecule has 0 aromatic heterocycles. The van der Waals surface area contributed by atoms with Crippen molar-refractivity contribution in [3.8, 4) is 0 Å². The first-order valence-electron chi connectivity index (χ1n) is 5.40. The smallest absolute Gasteiger partial charge is 0.0865 e. The predicted molar refractivity (Wildman–Crippen MR) is 61.0 cm³/mol. The van der Waals surface area contributed by atoms with E-state index in [0.717, 1.165) is 0 Å². The summed E-state index contributed by atoms with van der Waals surface area (Å²) in [6.07, 6.45) is 0.340. The lowest BCUT2D eigenvalue weighted by atomic mass is 10.1. The van der Waals surface area contributed by atoms with Crippen LogP contribution in [0.5, 0.6) is 0 Å². The summed E-state index contributed by atoms with van der Waals surface area (Å²) in [5.74, 6) is 0. The van der Waals surface area contributed by atoms with E-state index in [0.29, 0.717) is 19.8 Å². The van der Waals surface area contributed by atoms with E-state index in [9.17, 15) is 0 Å². The number of hydrogen-bond acceptors (Lipinski definition) is 4. The summed E-state index contributed by atoms with van der Waals surface area (Å²) < 4.78 is 16.1. The molecule has 4 heteroatoms. The first kappa shape index (κ1) is 14.8. The molecule has 0 saturated carbocycles. The molecule has 0 amide bonds. The monoisotopic (exact) mass is 219 g/mol. The fraction of sp³-hybridized carbons (Fsp3) is 1.00. The molecule has 0 rings (SSSR count). The van der Waals surface area contributed by atoms with Gasteiger partial charge >= 0.3 is 0 Å². The lowest BCUT2D eigenvalue weighted by Gasteiger charge is -2.29.